The molecular weight excluding hydrogens is 448 g/mol. The third kappa shape index (κ3) is 5.80. The van der Waals surface area contributed by atoms with Gasteiger partial charge in [-0.25, -0.2) is 9.59 Å². The van der Waals surface area contributed by atoms with Gasteiger partial charge in [0.05, 0.1) is 41.4 Å². The molecule has 33 heavy (non-hydrogen) atoms. The van der Waals surface area contributed by atoms with Gasteiger partial charge < -0.3 is 9.47 Å². The molecule has 0 saturated heterocycles. The number of hydrogen-bond acceptors (Lipinski definition) is 8. The Balaban J connectivity index is 2.05. The molecule has 1 aromatic heterocycles. The molecule has 0 aliphatic heterocycles. The number of aromatic nitrogens is 1. The molecule has 0 N–H and O–H groups in total. The fraction of sp³-hybridized carbons (Fsp3) is 0.174. The van der Waals surface area contributed by atoms with Crippen LogP contribution in [0.25, 0.3) is 12.2 Å². The Labute approximate surface area is 192 Å². The summed E-state index contributed by atoms with van der Waals surface area (Å²) in [5, 5.41) is 10.8. The second-order valence-electron chi connectivity index (χ2n) is 6.77. The van der Waals surface area contributed by atoms with Crippen LogP contribution < -0.4 is 14.8 Å². The van der Waals surface area contributed by atoms with Gasteiger partial charge in [0.1, 0.15) is 4.66 Å². The number of nitro benzene ring substituents is 1. The molecule has 0 bridgehead atoms. The largest absolute Gasteiger partial charge is 0.465 e. The zero-order valence-electron chi connectivity index (χ0n) is 17.8. The molecule has 0 fully saturated rings. The molecule has 0 saturated carbocycles. The van der Waals surface area contributed by atoms with E-state index in [9.17, 15) is 24.5 Å². The predicted octanol–water partition coefficient (Wildman–Crippen LogP) is 1.83. The van der Waals surface area contributed by atoms with Crippen LogP contribution >= 0.6 is 11.3 Å². The van der Waals surface area contributed by atoms with Crippen molar-refractivity contribution in [3.8, 4) is 0 Å². The van der Waals surface area contributed by atoms with Crippen molar-refractivity contribution in [3.05, 3.63) is 94.9 Å². The molecule has 10 heteroatoms. The lowest BCUT2D eigenvalue weighted by atomic mass is 10.1. The van der Waals surface area contributed by atoms with E-state index in [0.29, 0.717) is 20.3 Å². The van der Waals surface area contributed by atoms with Gasteiger partial charge in [0.2, 0.25) is 0 Å². The van der Waals surface area contributed by atoms with Crippen LogP contribution in [0.4, 0.5) is 5.69 Å². The second-order valence-corrected chi connectivity index (χ2v) is 7.84. The minimum atomic E-state index is -0.574. The van der Waals surface area contributed by atoms with Gasteiger partial charge in [-0.15, -0.1) is 11.3 Å². The maximum atomic E-state index is 13.1. The Morgan fingerprint density at radius 1 is 1.12 bits per heavy atom. The van der Waals surface area contributed by atoms with E-state index in [1.54, 1.807) is 49.4 Å². The second kappa shape index (κ2) is 10.5. The molecule has 0 aliphatic rings. The Hall–Kier alpha value is -4.05. The standard InChI is InChI=1S/C23H20N2O7S/c1-3-32-21(26)13-20-24(14-16-4-8-17(9-5-16)23(28)31-2)22(27)19(33-20)12-15-6-10-18(11-7-15)25(29)30/h4-13H,3,14H2,1-2H3/b19-12-,20-13-. The van der Waals surface area contributed by atoms with Crippen molar-refractivity contribution in [2.24, 2.45) is 0 Å². The average Bonchev–Trinajstić information content (AvgIpc) is 3.08. The molecule has 170 valence electrons. The van der Waals surface area contributed by atoms with Crippen molar-refractivity contribution < 1.29 is 24.0 Å². The molecule has 0 amide bonds. The molecule has 1 heterocycles. The monoisotopic (exact) mass is 468 g/mol. The highest BCUT2D eigenvalue weighted by atomic mass is 32.1. The zero-order chi connectivity index (χ0) is 24.0. The number of nitrogens with zero attached hydrogens (tertiary/aromatic N) is 2. The Bertz CT molecular complexity index is 1350. The maximum absolute atomic E-state index is 13.1. The number of non-ortho nitro benzene ring substituents is 1. The highest BCUT2D eigenvalue weighted by Crippen LogP contribution is 2.12. The zero-order valence-corrected chi connectivity index (χ0v) is 18.7. The van der Waals surface area contributed by atoms with Gasteiger partial charge in [0, 0.05) is 12.1 Å². The molecule has 0 spiro atoms. The number of ether oxygens (including phenoxy) is 2. The van der Waals surface area contributed by atoms with Crippen LogP contribution in [0.3, 0.4) is 0 Å². The Kier molecular flexibility index (Phi) is 7.52. The fourth-order valence-corrected chi connectivity index (χ4v) is 4.00. The molecule has 3 aromatic rings. The molecule has 0 aliphatic carbocycles. The summed E-state index contributed by atoms with van der Waals surface area (Å²) in [5.74, 6) is -1.04. The molecule has 2 aromatic carbocycles. The van der Waals surface area contributed by atoms with Crippen molar-refractivity contribution in [1.29, 1.82) is 0 Å². The first-order valence-corrected chi connectivity index (χ1v) is 10.7. The van der Waals surface area contributed by atoms with Crippen molar-refractivity contribution >= 4 is 41.1 Å². The molecular formula is C23H20N2O7S. The third-order valence-electron chi connectivity index (χ3n) is 4.58. The Morgan fingerprint density at radius 3 is 2.36 bits per heavy atom. The van der Waals surface area contributed by atoms with Gasteiger partial charge in [0.15, 0.2) is 0 Å². The number of hydrogen-bond donors (Lipinski definition) is 0. The summed E-state index contributed by atoms with van der Waals surface area (Å²) in [7, 11) is 1.29. The van der Waals surface area contributed by atoms with Crippen LogP contribution in [0.5, 0.6) is 0 Å². The van der Waals surface area contributed by atoms with E-state index in [-0.39, 0.29) is 24.4 Å². The van der Waals surface area contributed by atoms with Crippen LogP contribution in [-0.4, -0.2) is 35.1 Å². The molecule has 9 nitrogen and oxygen atoms in total. The van der Waals surface area contributed by atoms with E-state index < -0.39 is 16.9 Å². The number of rotatable bonds is 7. The topological polar surface area (TPSA) is 118 Å². The van der Waals surface area contributed by atoms with Crippen LogP contribution in [-0.2, 0) is 20.8 Å². The number of thiazole rings is 1. The lowest BCUT2D eigenvalue weighted by Gasteiger charge is -2.04. The highest BCUT2D eigenvalue weighted by molar-refractivity contribution is 7.07. The molecule has 0 radical (unpaired) electrons. The predicted molar refractivity (Wildman–Crippen MR) is 122 cm³/mol. The average molecular weight is 468 g/mol. The first-order chi connectivity index (χ1) is 15.8. The van der Waals surface area contributed by atoms with Crippen LogP contribution in [0.1, 0.15) is 28.4 Å². The first kappa shape index (κ1) is 23.6. The van der Waals surface area contributed by atoms with Gasteiger partial charge in [-0.1, -0.05) is 12.1 Å². The van der Waals surface area contributed by atoms with Gasteiger partial charge in [0.25, 0.3) is 11.2 Å². The summed E-state index contributed by atoms with van der Waals surface area (Å²) in [4.78, 5) is 47.1. The van der Waals surface area contributed by atoms with Gasteiger partial charge in [-0.3, -0.25) is 19.5 Å². The van der Waals surface area contributed by atoms with Gasteiger partial charge >= 0.3 is 11.9 Å². The number of carbonyl (C=O) groups excluding carboxylic acids is 2. The number of carbonyl (C=O) groups is 2. The first-order valence-electron chi connectivity index (χ1n) is 9.84. The van der Waals surface area contributed by atoms with Crippen molar-refractivity contribution in [2.75, 3.05) is 13.7 Å². The normalized spacial score (nSPS) is 11.9. The lowest BCUT2D eigenvalue weighted by Crippen LogP contribution is -2.32. The smallest absolute Gasteiger partial charge is 0.337 e. The van der Waals surface area contributed by atoms with E-state index in [4.69, 9.17) is 4.74 Å². The summed E-state index contributed by atoms with van der Waals surface area (Å²) in [5.41, 5.74) is 1.34. The van der Waals surface area contributed by atoms with Crippen LogP contribution in [0.15, 0.2) is 53.3 Å². The SMILES string of the molecule is CCOC(=O)/C=c1\s/c(=C\c2ccc([N+](=O)[O-])cc2)c(=O)n1Cc1ccc(C(=O)OC)cc1. The van der Waals surface area contributed by atoms with E-state index >= 15 is 0 Å². The van der Waals surface area contributed by atoms with Crippen molar-refractivity contribution in [1.82, 2.24) is 4.57 Å². The summed E-state index contributed by atoms with van der Waals surface area (Å²) in [6.07, 6.45) is 2.86. The number of benzene rings is 2. The quantitative estimate of drug-likeness (QED) is 0.295. The highest BCUT2D eigenvalue weighted by Gasteiger charge is 2.10. The third-order valence-corrected chi connectivity index (χ3v) is 5.64. The number of esters is 2. The van der Waals surface area contributed by atoms with Crippen LogP contribution in [0.2, 0.25) is 0 Å². The van der Waals surface area contributed by atoms with E-state index in [1.165, 1.54) is 29.9 Å². The number of methoxy groups -OCH3 is 1. The van der Waals surface area contributed by atoms with Gasteiger partial charge in [-0.05, 0) is 48.4 Å². The fourth-order valence-electron chi connectivity index (χ4n) is 2.97. The van der Waals surface area contributed by atoms with E-state index in [2.05, 4.69) is 4.74 Å². The van der Waals surface area contributed by atoms with Gasteiger partial charge in [-0.2, -0.15) is 0 Å². The lowest BCUT2D eigenvalue weighted by molar-refractivity contribution is -0.384. The maximum Gasteiger partial charge on any atom is 0.337 e. The van der Waals surface area contributed by atoms with Crippen molar-refractivity contribution in [2.45, 2.75) is 13.5 Å². The summed E-state index contributed by atoms with van der Waals surface area (Å²) in [6.45, 7) is 2.04. The molecule has 0 atom stereocenters. The minimum absolute atomic E-state index is 0.0533. The van der Waals surface area contributed by atoms with E-state index in [0.717, 1.165) is 16.9 Å². The molecule has 0 unspecified atom stereocenters. The summed E-state index contributed by atoms with van der Waals surface area (Å²) < 4.78 is 11.9. The summed E-state index contributed by atoms with van der Waals surface area (Å²) in [6, 6.07) is 12.4. The van der Waals surface area contributed by atoms with E-state index in [1.807, 2.05) is 0 Å². The van der Waals surface area contributed by atoms with Crippen LogP contribution in [0, 0.1) is 10.1 Å². The summed E-state index contributed by atoms with van der Waals surface area (Å²) >= 11 is 1.11. The van der Waals surface area contributed by atoms with Crippen molar-refractivity contribution in [3.63, 3.8) is 0 Å². The molecule has 3 rings (SSSR count). The minimum Gasteiger partial charge on any atom is -0.465 e. The number of nitro groups is 1. The Morgan fingerprint density at radius 2 is 1.79 bits per heavy atom.